The van der Waals surface area contributed by atoms with E-state index in [1.54, 1.807) is 12.1 Å². The molecule has 0 aromatic heterocycles. The average Bonchev–Trinajstić information content (AvgIpc) is 2.68. The van der Waals surface area contributed by atoms with Crippen molar-refractivity contribution < 1.29 is 25.0 Å². The topological polar surface area (TPSA) is 68.2 Å². The lowest BCUT2D eigenvalue weighted by atomic mass is 10.0. The van der Waals surface area contributed by atoms with Gasteiger partial charge in [-0.25, -0.2) is 19.9 Å². The Hall–Kier alpha value is -1.14. The molecule has 2 atom stereocenters. The maximum Gasteiger partial charge on any atom is 0.224 e. The molecule has 5 nitrogen and oxygen atoms in total. The van der Waals surface area contributed by atoms with Gasteiger partial charge in [0.15, 0.2) is 0 Å². The van der Waals surface area contributed by atoms with Crippen LogP contribution >= 0.6 is 0 Å². The van der Waals surface area contributed by atoms with Gasteiger partial charge in [-0.15, -0.1) is 0 Å². The van der Waals surface area contributed by atoms with Crippen LogP contribution in [0.4, 0.5) is 0 Å². The smallest absolute Gasteiger partial charge is 0.224 e. The molecule has 0 radical (unpaired) electrons. The summed E-state index contributed by atoms with van der Waals surface area (Å²) in [5.41, 5.74) is 0.702. The van der Waals surface area contributed by atoms with Gasteiger partial charge in [0.2, 0.25) is 6.29 Å². The second-order valence-electron chi connectivity index (χ2n) is 7.18. The zero-order chi connectivity index (χ0) is 19.7. The number of phenols is 1. The molecule has 0 heterocycles. The molecule has 0 aliphatic rings. The Kier molecular flexibility index (Phi) is 14.0. The summed E-state index contributed by atoms with van der Waals surface area (Å²) in [6.45, 7) is 4.37. The monoisotopic (exact) mass is 382 g/mol. The Labute approximate surface area is 164 Å². The van der Waals surface area contributed by atoms with Gasteiger partial charge in [-0.1, -0.05) is 89.8 Å². The highest BCUT2D eigenvalue weighted by molar-refractivity contribution is 5.33. The molecule has 0 aliphatic carbocycles. The number of hydrogen-bond acceptors (Lipinski definition) is 5. The first-order chi connectivity index (χ1) is 13.2. The summed E-state index contributed by atoms with van der Waals surface area (Å²) in [7, 11) is 0. The first-order valence-corrected chi connectivity index (χ1v) is 10.6. The van der Waals surface area contributed by atoms with Gasteiger partial charge < -0.3 is 5.11 Å². The lowest BCUT2D eigenvalue weighted by Gasteiger charge is -2.21. The number of para-hydroxylation sites is 1. The number of benzene rings is 1. The van der Waals surface area contributed by atoms with Crippen LogP contribution in [-0.4, -0.2) is 16.7 Å². The van der Waals surface area contributed by atoms with E-state index in [-0.39, 0.29) is 11.9 Å². The standard InChI is InChI=1S/C22H38O5/c1-3-5-7-9-11-17-21(19-15-13-14-16-20(19)23)26-27-22(25-24)18-12-10-8-6-4-2/h13-16,21-24H,3-12,17-18H2,1-2H3. The predicted octanol–water partition coefficient (Wildman–Crippen LogP) is 6.92. The Bertz CT molecular complexity index is 466. The Balaban J connectivity index is 2.50. The quantitative estimate of drug-likeness (QED) is 0.132. The van der Waals surface area contributed by atoms with Crippen molar-refractivity contribution in [3.8, 4) is 5.75 Å². The minimum absolute atomic E-state index is 0.195. The second-order valence-corrected chi connectivity index (χ2v) is 7.18. The van der Waals surface area contributed by atoms with E-state index in [9.17, 15) is 5.11 Å². The highest BCUT2D eigenvalue weighted by Gasteiger charge is 2.20. The molecule has 0 saturated carbocycles. The van der Waals surface area contributed by atoms with E-state index in [0.29, 0.717) is 12.0 Å². The van der Waals surface area contributed by atoms with Crippen LogP contribution < -0.4 is 0 Å². The van der Waals surface area contributed by atoms with E-state index in [1.807, 2.05) is 12.1 Å². The van der Waals surface area contributed by atoms with Crippen LogP contribution in [-0.2, 0) is 14.7 Å². The first-order valence-electron chi connectivity index (χ1n) is 10.6. The number of hydrogen-bond donors (Lipinski definition) is 2. The number of aromatic hydroxyl groups is 1. The minimum atomic E-state index is -0.805. The normalized spacial score (nSPS) is 13.6. The molecule has 156 valence electrons. The molecule has 1 rings (SSSR count). The van der Waals surface area contributed by atoms with Crippen molar-refractivity contribution in [3.63, 3.8) is 0 Å². The van der Waals surface area contributed by atoms with Gasteiger partial charge >= 0.3 is 0 Å². The third-order valence-electron chi connectivity index (χ3n) is 4.79. The van der Waals surface area contributed by atoms with Gasteiger partial charge in [0.1, 0.15) is 11.9 Å². The third kappa shape index (κ3) is 10.7. The van der Waals surface area contributed by atoms with Crippen LogP contribution in [0.3, 0.4) is 0 Å². The Morgan fingerprint density at radius 3 is 1.96 bits per heavy atom. The fourth-order valence-corrected chi connectivity index (χ4v) is 3.11. The van der Waals surface area contributed by atoms with Crippen LogP contribution in [0.15, 0.2) is 24.3 Å². The molecule has 1 aromatic carbocycles. The lowest BCUT2D eigenvalue weighted by Crippen LogP contribution is -2.18. The molecule has 0 fully saturated rings. The van der Waals surface area contributed by atoms with Crippen molar-refractivity contribution in [3.05, 3.63) is 29.8 Å². The van der Waals surface area contributed by atoms with Crippen molar-refractivity contribution >= 4 is 0 Å². The van der Waals surface area contributed by atoms with Gasteiger partial charge in [0.25, 0.3) is 0 Å². The highest BCUT2D eigenvalue weighted by Crippen LogP contribution is 2.31. The largest absolute Gasteiger partial charge is 0.508 e. The van der Waals surface area contributed by atoms with Crippen molar-refractivity contribution in [1.82, 2.24) is 0 Å². The fraction of sp³-hybridized carbons (Fsp3) is 0.727. The van der Waals surface area contributed by atoms with Gasteiger partial charge in [-0.2, -0.15) is 0 Å². The molecular formula is C22H38O5. The Morgan fingerprint density at radius 2 is 1.37 bits per heavy atom. The summed E-state index contributed by atoms with van der Waals surface area (Å²) < 4.78 is 0. The highest BCUT2D eigenvalue weighted by atomic mass is 17.3. The van der Waals surface area contributed by atoms with Crippen LogP contribution in [0.5, 0.6) is 5.75 Å². The van der Waals surface area contributed by atoms with Crippen molar-refractivity contribution in [2.75, 3.05) is 0 Å². The Morgan fingerprint density at radius 1 is 0.778 bits per heavy atom. The third-order valence-corrected chi connectivity index (χ3v) is 4.79. The van der Waals surface area contributed by atoms with Crippen molar-refractivity contribution in [2.45, 2.75) is 103 Å². The second kappa shape index (κ2) is 15.9. The van der Waals surface area contributed by atoms with E-state index in [2.05, 4.69) is 18.7 Å². The summed E-state index contributed by atoms with van der Waals surface area (Å²) in [5.74, 6) is 0.195. The van der Waals surface area contributed by atoms with E-state index in [1.165, 1.54) is 38.5 Å². The number of rotatable bonds is 17. The van der Waals surface area contributed by atoms with E-state index >= 15 is 0 Å². The molecule has 0 saturated heterocycles. The van der Waals surface area contributed by atoms with Crippen molar-refractivity contribution in [2.24, 2.45) is 0 Å². The van der Waals surface area contributed by atoms with Crippen LogP contribution in [0.2, 0.25) is 0 Å². The zero-order valence-electron chi connectivity index (χ0n) is 17.1. The molecule has 0 bridgehead atoms. The van der Waals surface area contributed by atoms with Gasteiger partial charge in [-0.3, -0.25) is 0 Å². The average molecular weight is 383 g/mol. The summed E-state index contributed by atoms with van der Waals surface area (Å²) >= 11 is 0. The van der Waals surface area contributed by atoms with E-state index < -0.39 is 6.29 Å². The summed E-state index contributed by atoms with van der Waals surface area (Å²) in [6.07, 6.45) is 11.5. The molecule has 0 spiro atoms. The van der Waals surface area contributed by atoms with Crippen LogP contribution in [0.25, 0.3) is 0 Å². The number of unbranched alkanes of at least 4 members (excludes halogenated alkanes) is 8. The molecule has 1 aromatic rings. The maximum atomic E-state index is 10.2. The molecule has 0 aliphatic heterocycles. The molecular weight excluding hydrogens is 344 g/mol. The van der Waals surface area contributed by atoms with Gasteiger partial charge in [-0.05, 0) is 18.9 Å². The van der Waals surface area contributed by atoms with Crippen LogP contribution in [0.1, 0.15) is 103 Å². The molecule has 2 unspecified atom stereocenters. The molecule has 27 heavy (non-hydrogen) atoms. The molecule has 2 N–H and O–H groups in total. The van der Waals surface area contributed by atoms with Gasteiger partial charge in [0.05, 0.1) is 0 Å². The van der Waals surface area contributed by atoms with E-state index in [0.717, 1.165) is 32.1 Å². The number of phenolic OH excluding ortho intramolecular Hbond substituents is 1. The zero-order valence-corrected chi connectivity index (χ0v) is 17.1. The fourth-order valence-electron chi connectivity index (χ4n) is 3.11. The van der Waals surface area contributed by atoms with Crippen molar-refractivity contribution in [1.29, 1.82) is 0 Å². The summed E-state index contributed by atoms with van der Waals surface area (Å²) in [6, 6.07) is 7.15. The predicted molar refractivity (Wildman–Crippen MR) is 107 cm³/mol. The maximum absolute atomic E-state index is 10.2. The summed E-state index contributed by atoms with van der Waals surface area (Å²) in [5, 5.41) is 19.2. The molecule has 5 heteroatoms. The van der Waals surface area contributed by atoms with Gasteiger partial charge in [0, 0.05) is 12.0 Å². The van der Waals surface area contributed by atoms with Crippen LogP contribution in [0, 0.1) is 0 Å². The summed E-state index contributed by atoms with van der Waals surface area (Å²) in [4.78, 5) is 15.4. The molecule has 0 amide bonds. The SMILES string of the molecule is CCCCCCCC(OO)OOC(CCCCCCC)c1ccccc1O. The minimum Gasteiger partial charge on any atom is -0.508 e. The lowest BCUT2D eigenvalue weighted by molar-refractivity contribution is -0.463. The first kappa shape index (κ1) is 23.9. The van der Waals surface area contributed by atoms with E-state index in [4.69, 9.17) is 15.0 Å².